The highest BCUT2D eigenvalue weighted by Gasteiger charge is 2.35. The van der Waals surface area contributed by atoms with Crippen LogP contribution in [0.15, 0.2) is 28.8 Å². The van der Waals surface area contributed by atoms with Gasteiger partial charge in [-0.15, -0.1) is 0 Å². The maximum absolute atomic E-state index is 13.9. The summed E-state index contributed by atoms with van der Waals surface area (Å²) < 4.78 is 53.2. The number of nitrogens with zero attached hydrogens (tertiary/aromatic N) is 4. The van der Waals surface area contributed by atoms with E-state index in [1.807, 2.05) is 0 Å². The van der Waals surface area contributed by atoms with Crippen LogP contribution >= 0.6 is 0 Å². The van der Waals surface area contributed by atoms with E-state index in [-0.39, 0.29) is 17.3 Å². The summed E-state index contributed by atoms with van der Waals surface area (Å²) in [4.78, 5) is 4.30. The first kappa shape index (κ1) is 19.4. The van der Waals surface area contributed by atoms with E-state index in [0.29, 0.717) is 51.7 Å². The van der Waals surface area contributed by atoms with Crippen molar-refractivity contribution in [2.24, 2.45) is 5.92 Å². The fraction of sp³-hybridized carbons (Fsp3) is 0.556. The zero-order chi connectivity index (χ0) is 19.6. The molecule has 152 valence electrons. The molecule has 2 fully saturated rings. The first-order valence-corrected chi connectivity index (χ1v) is 10.8. The highest BCUT2D eigenvalue weighted by molar-refractivity contribution is 7.86. The van der Waals surface area contributed by atoms with Crippen molar-refractivity contribution in [3.63, 3.8) is 0 Å². The summed E-state index contributed by atoms with van der Waals surface area (Å²) in [5, 5.41) is 3.87. The molecule has 0 N–H and O–H groups in total. The van der Waals surface area contributed by atoms with Gasteiger partial charge in [0.05, 0.1) is 18.8 Å². The third-order valence-electron chi connectivity index (χ3n) is 5.15. The molecule has 0 amide bonds. The molecular weight excluding hydrogens is 387 g/mol. The van der Waals surface area contributed by atoms with E-state index in [1.165, 1.54) is 10.4 Å². The first-order valence-electron chi connectivity index (χ1n) is 9.44. The Kier molecular flexibility index (Phi) is 5.72. The highest BCUT2D eigenvalue weighted by atomic mass is 32.2. The second-order valence-electron chi connectivity index (χ2n) is 7.08. The molecule has 0 bridgehead atoms. The van der Waals surface area contributed by atoms with Gasteiger partial charge in [0.25, 0.3) is 10.2 Å². The van der Waals surface area contributed by atoms with Gasteiger partial charge in [0, 0.05) is 32.6 Å². The molecule has 2 aromatic rings. The number of aromatic nitrogens is 2. The minimum Gasteiger partial charge on any atom is -0.379 e. The molecule has 0 saturated carbocycles. The number of benzene rings is 1. The van der Waals surface area contributed by atoms with Crippen LogP contribution in [0.1, 0.15) is 18.7 Å². The van der Waals surface area contributed by atoms with E-state index in [4.69, 9.17) is 9.26 Å². The molecular formula is C18H23FN4O4S. The standard InChI is InChI=1S/C18H23FN4O4S/c19-16-6-2-1-5-15(16)18-20-17(27-21-18)12-14-4-3-7-23(13-14)28(24,25)22-8-10-26-11-9-22/h1-2,5-6,14H,3-4,7-13H2. The second-order valence-corrected chi connectivity index (χ2v) is 9.01. The molecule has 28 heavy (non-hydrogen) atoms. The SMILES string of the molecule is O=S(=O)(N1CCOCC1)N1CCCC(Cc2nc(-c3ccccc3F)no2)C1. The molecule has 1 aromatic carbocycles. The molecule has 8 nitrogen and oxygen atoms in total. The minimum absolute atomic E-state index is 0.0819. The molecule has 3 heterocycles. The smallest absolute Gasteiger partial charge is 0.282 e. The first-order chi connectivity index (χ1) is 13.5. The van der Waals surface area contributed by atoms with Crippen molar-refractivity contribution in [3.8, 4) is 11.4 Å². The number of hydrogen-bond acceptors (Lipinski definition) is 6. The van der Waals surface area contributed by atoms with Crippen LogP contribution in [0.5, 0.6) is 0 Å². The lowest BCUT2D eigenvalue weighted by Crippen LogP contribution is -2.51. The van der Waals surface area contributed by atoms with Gasteiger partial charge in [0.15, 0.2) is 0 Å². The molecule has 0 spiro atoms. The molecule has 1 atom stereocenters. The minimum atomic E-state index is -3.48. The maximum Gasteiger partial charge on any atom is 0.282 e. The van der Waals surface area contributed by atoms with E-state index in [1.54, 1.807) is 22.5 Å². The number of halogens is 1. The Balaban J connectivity index is 1.42. The van der Waals surface area contributed by atoms with Gasteiger partial charge in [0.2, 0.25) is 11.7 Å². The summed E-state index contributed by atoms with van der Waals surface area (Å²) >= 11 is 0. The van der Waals surface area contributed by atoms with Crippen LogP contribution in [0.25, 0.3) is 11.4 Å². The number of rotatable bonds is 5. The Labute approximate surface area is 163 Å². The second kappa shape index (κ2) is 8.24. The van der Waals surface area contributed by atoms with Crippen LogP contribution in [0.3, 0.4) is 0 Å². The molecule has 1 unspecified atom stereocenters. The van der Waals surface area contributed by atoms with Crippen molar-refractivity contribution in [2.75, 3.05) is 39.4 Å². The topological polar surface area (TPSA) is 88.8 Å². The summed E-state index contributed by atoms with van der Waals surface area (Å²) in [5.74, 6) is 0.282. The fourth-order valence-electron chi connectivity index (χ4n) is 3.68. The summed E-state index contributed by atoms with van der Waals surface area (Å²) in [6, 6.07) is 6.26. The summed E-state index contributed by atoms with van der Waals surface area (Å²) in [6.07, 6.45) is 2.13. The van der Waals surface area contributed by atoms with Crippen LogP contribution in [0.4, 0.5) is 4.39 Å². The van der Waals surface area contributed by atoms with Crippen LogP contribution in [-0.2, 0) is 21.4 Å². The predicted molar refractivity (Wildman–Crippen MR) is 99.0 cm³/mol. The molecule has 10 heteroatoms. The Hall–Kier alpha value is -1.88. The number of ether oxygens (including phenoxy) is 1. The number of morpholine rings is 1. The summed E-state index contributed by atoms with van der Waals surface area (Å²) in [5.41, 5.74) is 0.290. The average Bonchev–Trinajstić information content (AvgIpc) is 3.17. The Morgan fingerprint density at radius 2 is 1.93 bits per heavy atom. The van der Waals surface area contributed by atoms with E-state index < -0.39 is 16.0 Å². The van der Waals surface area contributed by atoms with Crippen molar-refractivity contribution in [1.29, 1.82) is 0 Å². The van der Waals surface area contributed by atoms with E-state index in [0.717, 1.165) is 12.8 Å². The Morgan fingerprint density at radius 3 is 2.71 bits per heavy atom. The normalized spacial score (nSPS) is 22.4. The lowest BCUT2D eigenvalue weighted by Gasteiger charge is -2.36. The van der Waals surface area contributed by atoms with Crippen molar-refractivity contribution in [1.82, 2.24) is 18.8 Å². The van der Waals surface area contributed by atoms with Crippen molar-refractivity contribution >= 4 is 10.2 Å². The molecule has 2 saturated heterocycles. The lowest BCUT2D eigenvalue weighted by atomic mass is 9.96. The monoisotopic (exact) mass is 410 g/mol. The van der Waals surface area contributed by atoms with Crippen LogP contribution < -0.4 is 0 Å². The average molecular weight is 410 g/mol. The lowest BCUT2D eigenvalue weighted by molar-refractivity contribution is 0.0690. The van der Waals surface area contributed by atoms with Crippen LogP contribution in [0, 0.1) is 11.7 Å². The van der Waals surface area contributed by atoms with Gasteiger partial charge in [0.1, 0.15) is 5.82 Å². The van der Waals surface area contributed by atoms with Crippen molar-refractivity contribution in [2.45, 2.75) is 19.3 Å². The predicted octanol–water partition coefficient (Wildman–Crippen LogP) is 1.71. The zero-order valence-electron chi connectivity index (χ0n) is 15.5. The van der Waals surface area contributed by atoms with Gasteiger partial charge in [-0.2, -0.15) is 22.0 Å². The summed E-state index contributed by atoms with van der Waals surface area (Å²) in [7, 11) is -3.48. The largest absolute Gasteiger partial charge is 0.379 e. The molecule has 0 radical (unpaired) electrons. The fourth-order valence-corrected chi connectivity index (χ4v) is 5.38. The van der Waals surface area contributed by atoms with E-state index in [9.17, 15) is 12.8 Å². The maximum atomic E-state index is 13.9. The van der Waals surface area contributed by atoms with Gasteiger partial charge < -0.3 is 9.26 Å². The van der Waals surface area contributed by atoms with Gasteiger partial charge in [-0.25, -0.2) is 4.39 Å². The highest BCUT2D eigenvalue weighted by Crippen LogP contribution is 2.25. The Bertz CT molecular complexity index is 914. The van der Waals surface area contributed by atoms with Gasteiger partial charge in [-0.1, -0.05) is 17.3 Å². The molecule has 2 aliphatic rings. The third-order valence-corrected chi connectivity index (χ3v) is 7.15. The quantitative estimate of drug-likeness (QED) is 0.746. The van der Waals surface area contributed by atoms with Gasteiger partial charge in [-0.3, -0.25) is 0 Å². The molecule has 1 aromatic heterocycles. The number of piperidine rings is 1. The van der Waals surface area contributed by atoms with Crippen LogP contribution in [0.2, 0.25) is 0 Å². The van der Waals surface area contributed by atoms with Crippen LogP contribution in [-0.4, -0.2) is 66.6 Å². The summed E-state index contributed by atoms with van der Waals surface area (Å²) in [6.45, 7) is 2.56. The van der Waals surface area contributed by atoms with Gasteiger partial charge in [-0.05, 0) is 30.9 Å². The molecule has 2 aliphatic heterocycles. The molecule has 4 rings (SSSR count). The zero-order valence-corrected chi connectivity index (χ0v) is 16.3. The van der Waals surface area contributed by atoms with Crippen molar-refractivity contribution < 1.29 is 22.1 Å². The molecule has 0 aliphatic carbocycles. The van der Waals surface area contributed by atoms with Crippen molar-refractivity contribution in [3.05, 3.63) is 36.0 Å². The Morgan fingerprint density at radius 1 is 1.14 bits per heavy atom. The number of hydrogen-bond donors (Lipinski definition) is 0. The van der Waals surface area contributed by atoms with Gasteiger partial charge >= 0.3 is 0 Å². The van der Waals surface area contributed by atoms with E-state index >= 15 is 0 Å². The van der Waals surface area contributed by atoms with E-state index in [2.05, 4.69) is 10.1 Å². The third kappa shape index (κ3) is 4.09.